The van der Waals surface area contributed by atoms with Gasteiger partial charge in [-0.3, -0.25) is 19.1 Å². The molecule has 0 bridgehead atoms. The number of hydrogen-bond acceptors (Lipinski definition) is 6. The van der Waals surface area contributed by atoms with E-state index < -0.39 is 11.2 Å². The number of nitrogen functional groups attached to an aromatic ring is 1. The molecule has 170 valence electrons. The average Bonchev–Trinajstić information content (AvgIpc) is 2.73. The molecule has 2 aromatic rings. The van der Waals surface area contributed by atoms with Crippen molar-refractivity contribution in [2.24, 2.45) is 0 Å². The van der Waals surface area contributed by atoms with Crippen molar-refractivity contribution in [1.82, 2.24) is 9.55 Å². The molecule has 0 radical (unpaired) electrons. The molecule has 0 atom stereocenters. The number of ether oxygens (including phenoxy) is 1. The number of nitrogens with one attached hydrogen (secondary N) is 2. The van der Waals surface area contributed by atoms with Crippen LogP contribution in [0.15, 0.2) is 33.9 Å². The van der Waals surface area contributed by atoms with Crippen LogP contribution >= 0.6 is 0 Å². The third-order valence-electron chi connectivity index (χ3n) is 4.72. The lowest BCUT2D eigenvalue weighted by Gasteiger charge is -2.25. The monoisotopic (exact) mass is 431 g/mol. The number of aromatic nitrogens is 2. The molecule has 0 unspecified atom stereocenters. The lowest BCUT2D eigenvalue weighted by atomic mass is 10.2. The van der Waals surface area contributed by atoms with E-state index in [1.165, 1.54) is 4.57 Å². The van der Waals surface area contributed by atoms with Crippen molar-refractivity contribution in [2.45, 2.75) is 53.0 Å². The Bertz CT molecular complexity index is 983. The Labute approximate surface area is 182 Å². The van der Waals surface area contributed by atoms with Crippen molar-refractivity contribution in [3.8, 4) is 5.75 Å². The number of para-hydroxylation sites is 2. The zero-order chi connectivity index (χ0) is 22.8. The van der Waals surface area contributed by atoms with Gasteiger partial charge in [0.2, 0.25) is 5.91 Å². The fourth-order valence-electron chi connectivity index (χ4n) is 3.23. The number of rotatable bonds is 12. The van der Waals surface area contributed by atoms with Gasteiger partial charge < -0.3 is 20.7 Å². The maximum atomic E-state index is 12.8. The van der Waals surface area contributed by atoms with Crippen LogP contribution in [0.4, 0.5) is 17.2 Å². The number of anilines is 3. The van der Waals surface area contributed by atoms with Gasteiger partial charge in [-0.1, -0.05) is 39.3 Å². The van der Waals surface area contributed by atoms with Crippen LogP contribution in [0.3, 0.4) is 0 Å². The van der Waals surface area contributed by atoms with E-state index in [2.05, 4.69) is 10.3 Å². The summed E-state index contributed by atoms with van der Waals surface area (Å²) in [5.41, 5.74) is 5.78. The molecule has 0 aliphatic heterocycles. The van der Waals surface area contributed by atoms with Crippen LogP contribution < -0.4 is 31.9 Å². The number of carbonyl (C=O) groups excluding carboxylic acids is 1. The molecule has 1 amide bonds. The Hall–Kier alpha value is -3.23. The van der Waals surface area contributed by atoms with Gasteiger partial charge in [0.05, 0.1) is 18.8 Å². The zero-order valence-corrected chi connectivity index (χ0v) is 18.6. The van der Waals surface area contributed by atoms with E-state index in [1.807, 2.05) is 32.9 Å². The molecule has 0 fully saturated rings. The van der Waals surface area contributed by atoms with Crippen LogP contribution in [0.5, 0.6) is 5.75 Å². The van der Waals surface area contributed by atoms with Crippen molar-refractivity contribution in [1.29, 1.82) is 0 Å². The summed E-state index contributed by atoms with van der Waals surface area (Å²) in [6, 6.07) is 7.20. The molecule has 1 aromatic carbocycles. The van der Waals surface area contributed by atoms with Crippen LogP contribution in [-0.2, 0) is 11.3 Å². The summed E-state index contributed by atoms with van der Waals surface area (Å²) in [5.74, 6) is 0.353. The Morgan fingerprint density at radius 3 is 2.58 bits per heavy atom. The minimum Gasteiger partial charge on any atom is -0.491 e. The fourth-order valence-corrected chi connectivity index (χ4v) is 3.23. The Balaban J connectivity index is 2.29. The van der Waals surface area contributed by atoms with E-state index in [9.17, 15) is 14.4 Å². The number of nitrogens with two attached hydrogens (primary N) is 1. The number of unbranched alkanes of at least 4 members (excludes halogenated alkanes) is 1. The molecule has 4 N–H and O–H groups in total. The SMILES string of the molecule is CCCCn1c(N)c(N(CCC)CC(=O)Nc2ccccc2OCCC)c(=O)[nH]c1=O. The molecule has 2 rings (SSSR count). The highest BCUT2D eigenvalue weighted by molar-refractivity contribution is 5.95. The normalized spacial score (nSPS) is 10.7. The van der Waals surface area contributed by atoms with E-state index in [0.717, 1.165) is 19.3 Å². The summed E-state index contributed by atoms with van der Waals surface area (Å²) in [6.45, 7) is 7.24. The minimum atomic E-state index is -0.594. The summed E-state index contributed by atoms with van der Waals surface area (Å²) in [7, 11) is 0. The van der Waals surface area contributed by atoms with E-state index in [0.29, 0.717) is 37.6 Å². The molecule has 0 aliphatic rings. The van der Waals surface area contributed by atoms with Gasteiger partial charge in [-0.05, 0) is 31.4 Å². The highest BCUT2D eigenvalue weighted by Crippen LogP contribution is 2.24. The second kappa shape index (κ2) is 11.8. The van der Waals surface area contributed by atoms with Crippen LogP contribution in [0.1, 0.15) is 46.5 Å². The highest BCUT2D eigenvalue weighted by atomic mass is 16.5. The van der Waals surface area contributed by atoms with Gasteiger partial charge in [0.15, 0.2) is 0 Å². The second-order valence-electron chi connectivity index (χ2n) is 7.31. The molecule has 1 aromatic heterocycles. The molecule has 31 heavy (non-hydrogen) atoms. The molecule has 9 heteroatoms. The van der Waals surface area contributed by atoms with Gasteiger partial charge in [0.1, 0.15) is 17.3 Å². The predicted octanol–water partition coefficient (Wildman–Crippen LogP) is 2.56. The third kappa shape index (κ3) is 6.37. The average molecular weight is 432 g/mol. The lowest BCUT2D eigenvalue weighted by molar-refractivity contribution is -0.115. The number of amides is 1. The number of aromatic amines is 1. The van der Waals surface area contributed by atoms with Gasteiger partial charge in [0.25, 0.3) is 5.56 Å². The fraction of sp³-hybridized carbons (Fsp3) is 0.500. The summed E-state index contributed by atoms with van der Waals surface area (Å²) in [6.07, 6.45) is 3.16. The van der Waals surface area contributed by atoms with Crippen molar-refractivity contribution < 1.29 is 9.53 Å². The van der Waals surface area contributed by atoms with Gasteiger partial charge in [-0.2, -0.15) is 0 Å². The molecule has 0 saturated carbocycles. The summed E-state index contributed by atoms with van der Waals surface area (Å²) in [5, 5.41) is 2.85. The third-order valence-corrected chi connectivity index (χ3v) is 4.72. The van der Waals surface area contributed by atoms with Gasteiger partial charge >= 0.3 is 5.69 Å². The topological polar surface area (TPSA) is 122 Å². The van der Waals surface area contributed by atoms with Gasteiger partial charge in [-0.25, -0.2) is 4.79 Å². The molecule has 1 heterocycles. The summed E-state index contributed by atoms with van der Waals surface area (Å²) in [4.78, 5) is 41.5. The van der Waals surface area contributed by atoms with Crippen molar-refractivity contribution in [2.75, 3.05) is 35.6 Å². The maximum Gasteiger partial charge on any atom is 0.330 e. The van der Waals surface area contributed by atoms with E-state index in [4.69, 9.17) is 10.5 Å². The first kappa shape index (κ1) is 24.0. The Kier molecular flexibility index (Phi) is 9.17. The van der Waals surface area contributed by atoms with Crippen LogP contribution in [-0.4, -0.2) is 35.2 Å². The molecule has 9 nitrogen and oxygen atoms in total. The van der Waals surface area contributed by atoms with Crippen LogP contribution in [0.2, 0.25) is 0 Å². The number of nitrogens with zero attached hydrogens (tertiary/aromatic N) is 2. The van der Waals surface area contributed by atoms with Crippen LogP contribution in [0.25, 0.3) is 0 Å². The van der Waals surface area contributed by atoms with Crippen molar-refractivity contribution in [3.63, 3.8) is 0 Å². The van der Waals surface area contributed by atoms with Gasteiger partial charge in [-0.15, -0.1) is 0 Å². The molecular weight excluding hydrogens is 398 g/mol. The van der Waals surface area contributed by atoms with Crippen LogP contribution in [0, 0.1) is 0 Å². The lowest BCUT2D eigenvalue weighted by Crippen LogP contribution is -2.42. The number of benzene rings is 1. The standard InChI is InChI=1S/C22H33N5O4/c1-4-7-13-27-20(23)19(21(29)25-22(27)30)26(12-5-2)15-18(28)24-16-10-8-9-11-17(16)31-14-6-3/h8-11H,4-7,12-15,23H2,1-3H3,(H,24,28)(H,25,29,30). The van der Waals surface area contributed by atoms with E-state index >= 15 is 0 Å². The molecule has 0 aliphatic carbocycles. The summed E-state index contributed by atoms with van der Waals surface area (Å²) < 4.78 is 7.04. The molecule has 0 saturated heterocycles. The Morgan fingerprint density at radius 1 is 1.16 bits per heavy atom. The predicted molar refractivity (Wildman–Crippen MR) is 124 cm³/mol. The largest absolute Gasteiger partial charge is 0.491 e. The first-order valence-electron chi connectivity index (χ1n) is 10.8. The van der Waals surface area contributed by atoms with Crippen molar-refractivity contribution >= 4 is 23.1 Å². The zero-order valence-electron chi connectivity index (χ0n) is 18.6. The minimum absolute atomic E-state index is 0.0788. The quantitative estimate of drug-likeness (QED) is 0.475. The maximum absolute atomic E-state index is 12.8. The molecule has 0 spiro atoms. The van der Waals surface area contributed by atoms with E-state index in [-0.39, 0.29) is 24.0 Å². The van der Waals surface area contributed by atoms with E-state index in [1.54, 1.807) is 17.0 Å². The number of H-pyrrole nitrogens is 1. The summed E-state index contributed by atoms with van der Waals surface area (Å²) >= 11 is 0. The smallest absolute Gasteiger partial charge is 0.330 e. The molecular formula is C22H33N5O4. The first-order valence-corrected chi connectivity index (χ1v) is 10.8. The highest BCUT2D eigenvalue weighted by Gasteiger charge is 2.21. The second-order valence-corrected chi connectivity index (χ2v) is 7.31. The van der Waals surface area contributed by atoms with Gasteiger partial charge in [0, 0.05) is 13.1 Å². The van der Waals surface area contributed by atoms with Crippen molar-refractivity contribution in [3.05, 3.63) is 45.1 Å². The number of carbonyl (C=O) groups is 1. The first-order chi connectivity index (χ1) is 14.9. The Morgan fingerprint density at radius 2 is 1.90 bits per heavy atom. The number of hydrogen-bond donors (Lipinski definition) is 3.